The molecule has 0 unspecified atom stereocenters. The van der Waals surface area contributed by atoms with E-state index in [0.29, 0.717) is 15.9 Å². The zero-order valence-electron chi connectivity index (χ0n) is 14.5. The Labute approximate surface area is 161 Å². The number of carbonyl (C=O) groups is 1. The van der Waals surface area contributed by atoms with E-state index in [1.807, 2.05) is 6.07 Å². The predicted molar refractivity (Wildman–Crippen MR) is 102 cm³/mol. The molecule has 0 heterocycles. The van der Waals surface area contributed by atoms with Gasteiger partial charge in [-0.15, -0.1) is 0 Å². The maximum atomic E-state index is 12.8. The number of rotatable bonds is 7. The van der Waals surface area contributed by atoms with Crippen LogP contribution in [0.2, 0.25) is 0 Å². The molecule has 0 saturated heterocycles. The molecular formula is C17H19BrN2O5S. The quantitative estimate of drug-likeness (QED) is 0.712. The molecule has 1 amide bonds. The first-order valence-electron chi connectivity index (χ1n) is 7.52. The third kappa shape index (κ3) is 4.54. The summed E-state index contributed by atoms with van der Waals surface area (Å²) in [6.45, 7) is -0.357. The van der Waals surface area contributed by atoms with E-state index in [1.54, 1.807) is 24.3 Å². The van der Waals surface area contributed by atoms with Crippen LogP contribution in [0.15, 0.2) is 51.8 Å². The highest BCUT2D eigenvalue weighted by molar-refractivity contribution is 9.10. The number of ether oxygens (including phenoxy) is 2. The normalized spacial score (nSPS) is 11.3. The maximum absolute atomic E-state index is 12.8. The highest BCUT2D eigenvalue weighted by Gasteiger charge is 2.27. The molecule has 0 saturated carbocycles. The Morgan fingerprint density at radius 2 is 1.85 bits per heavy atom. The number of para-hydroxylation sites is 1. The Balaban J connectivity index is 2.21. The molecule has 140 valence electrons. The molecule has 0 spiro atoms. The molecule has 2 rings (SSSR count). The Morgan fingerprint density at radius 1 is 1.15 bits per heavy atom. The Hall–Kier alpha value is -2.10. The second kappa shape index (κ2) is 8.52. The number of hydrogen-bond donors (Lipinski definition) is 1. The lowest BCUT2D eigenvalue weighted by atomic mass is 10.3. The number of nitrogens with one attached hydrogen (secondary N) is 1. The number of anilines is 1. The lowest BCUT2D eigenvalue weighted by Gasteiger charge is -2.19. The van der Waals surface area contributed by atoms with Gasteiger partial charge in [0, 0.05) is 17.6 Å². The molecule has 0 aromatic heterocycles. The van der Waals surface area contributed by atoms with E-state index in [0.717, 1.165) is 4.31 Å². The van der Waals surface area contributed by atoms with Crippen molar-refractivity contribution in [3.63, 3.8) is 0 Å². The van der Waals surface area contributed by atoms with E-state index in [4.69, 9.17) is 9.47 Å². The van der Waals surface area contributed by atoms with Gasteiger partial charge in [-0.25, -0.2) is 8.42 Å². The summed E-state index contributed by atoms with van der Waals surface area (Å²) < 4.78 is 37.5. The van der Waals surface area contributed by atoms with Crippen LogP contribution in [0, 0.1) is 0 Å². The molecule has 2 aromatic carbocycles. The average Bonchev–Trinajstić information content (AvgIpc) is 2.62. The van der Waals surface area contributed by atoms with Crippen molar-refractivity contribution in [3.05, 3.63) is 46.9 Å². The van der Waals surface area contributed by atoms with Crippen molar-refractivity contribution in [1.29, 1.82) is 0 Å². The molecular weight excluding hydrogens is 424 g/mol. The van der Waals surface area contributed by atoms with Crippen LogP contribution in [-0.4, -0.2) is 46.4 Å². The van der Waals surface area contributed by atoms with Crippen LogP contribution in [0.25, 0.3) is 0 Å². The van der Waals surface area contributed by atoms with Gasteiger partial charge in [0.2, 0.25) is 15.9 Å². The van der Waals surface area contributed by atoms with Crippen molar-refractivity contribution in [2.24, 2.45) is 0 Å². The molecule has 0 aliphatic carbocycles. The van der Waals surface area contributed by atoms with Gasteiger partial charge >= 0.3 is 0 Å². The number of methoxy groups -OCH3 is 2. The number of carbonyl (C=O) groups excluding carboxylic acids is 1. The van der Waals surface area contributed by atoms with Gasteiger partial charge in [-0.05, 0) is 40.2 Å². The highest BCUT2D eigenvalue weighted by atomic mass is 79.9. The van der Waals surface area contributed by atoms with E-state index in [9.17, 15) is 13.2 Å². The number of amides is 1. The first kappa shape index (κ1) is 20.2. The zero-order chi connectivity index (χ0) is 19.3. The molecule has 9 heteroatoms. The fourth-order valence-electron chi connectivity index (χ4n) is 2.19. The van der Waals surface area contributed by atoms with Crippen LogP contribution in [0.5, 0.6) is 11.5 Å². The summed E-state index contributed by atoms with van der Waals surface area (Å²) in [5.41, 5.74) is 0.558. The SMILES string of the molecule is COc1ccc(OC)c(S(=O)(=O)N(C)CC(=O)Nc2ccccc2Br)c1. The van der Waals surface area contributed by atoms with Crippen LogP contribution in [0.1, 0.15) is 0 Å². The van der Waals surface area contributed by atoms with Gasteiger partial charge in [-0.2, -0.15) is 4.31 Å². The first-order valence-corrected chi connectivity index (χ1v) is 9.75. The Kier molecular flexibility index (Phi) is 6.63. The molecule has 0 atom stereocenters. The van der Waals surface area contributed by atoms with Gasteiger partial charge < -0.3 is 14.8 Å². The first-order chi connectivity index (χ1) is 12.3. The second-order valence-electron chi connectivity index (χ2n) is 5.31. The van der Waals surface area contributed by atoms with Gasteiger partial charge in [-0.1, -0.05) is 12.1 Å². The van der Waals surface area contributed by atoms with Gasteiger partial charge in [0.1, 0.15) is 16.4 Å². The van der Waals surface area contributed by atoms with Gasteiger partial charge in [0.25, 0.3) is 0 Å². The minimum Gasteiger partial charge on any atom is -0.497 e. The fraction of sp³-hybridized carbons (Fsp3) is 0.235. The van der Waals surface area contributed by atoms with Crippen LogP contribution >= 0.6 is 15.9 Å². The van der Waals surface area contributed by atoms with Crippen LogP contribution in [0.3, 0.4) is 0 Å². The van der Waals surface area contributed by atoms with E-state index < -0.39 is 15.9 Å². The average molecular weight is 443 g/mol. The largest absolute Gasteiger partial charge is 0.497 e. The molecule has 0 radical (unpaired) electrons. The number of benzene rings is 2. The second-order valence-corrected chi connectivity index (χ2v) is 8.17. The van der Waals surface area contributed by atoms with Crippen molar-refractivity contribution >= 4 is 37.5 Å². The topological polar surface area (TPSA) is 84.9 Å². The maximum Gasteiger partial charge on any atom is 0.247 e. The van der Waals surface area contributed by atoms with Crippen molar-refractivity contribution in [1.82, 2.24) is 4.31 Å². The van der Waals surface area contributed by atoms with Gasteiger partial charge in [-0.3, -0.25) is 4.79 Å². The molecule has 0 bridgehead atoms. The molecule has 7 nitrogen and oxygen atoms in total. The summed E-state index contributed by atoms with van der Waals surface area (Å²) in [6, 6.07) is 11.5. The van der Waals surface area contributed by atoms with Crippen LogP contribution < -0.4 is 14.8 Å². The lowest BCUT2D eigenvalue weighted by molar-refractivity contribution is -0.116. The third-order valence-electron chi connectivity index (χ3n) is 3.57. The lowest BCUT2D eigenvalue weighted by Crippen LogP contribution is -2.35. The number of sulfonamides is 1. The molecule has 0 fully saturated rings. The highest BCUT2D eigenvalue weighted by Crippen LogP contribution is 2.30. The van der Waals surface area contributed by atoms with Crippen molar-refractivity contribution in [2.45, 2.75) is 4.90 Å². The summed E-state index contributed by atoms with van der Waals surface area (Å²) >= 11 is 3.32. The van der Waals surface area contributed by atoms with Gasteiger partial charge in [0.05, 0.1) is 26.5 Å². The number of likely N-dealkylation sites (N-methyl/N-ethyl adjacent to an activating group) is 1. The van der Waals surface area contributed by atoms with E-state index in [1.165, 1.54) is 33.4 Å². The molecule has 2 aromatic rings. The van der Waals surface area contributed by atoms with Crippen LogP contribution in [0.4, 0.5) is 5.69 Å². The van der Waals surface area contributed by atoms with E-state index >= 15 is 0 Å². The summed E-state index contributed by atoms with van der Waals surface area (Å²) in [5.74, 6) is 0.0733. The summed E-state index contributed by atoms with van der Waals surface area (Å²) in [5, 5.41) is 2.67. The van der Waals surface area contributed by atoms with E-state index in [2.05, 4.69) is 21.2 Å². The van der Waals surface area contributed by atoms with E-state index in [-0.39, 0.29) is 17.2 Å². The summed E-state index contributed by atoms with van der Waals surface area (Å²) in [4.78, 5) is 12.2. The Bertz CT molecular complexity index is 902. The molecule has 1 N–H and O–H groups in total. The zero-order valence-corrected chi connectivity index (χ0v) is 16.9. The smallest absolute Gasteiger partial charge is 0.247 e. The molecule has 0 aliphatic heterocycles. The monoisotopic (exact) mass is 442 g/mol. The standard InChI is InChI=1S/C17H19BrN2O5S/c1-20(11-17(21)19-14-7-5-4-6-13(14)18)26(22,23)16-10-12(24-2)8-9-15(16)25-3/h4-10H,11H2,1-3H3,(H,19,21). The Morgan fingerprint density at radius 3 is 2.46 bits per heavy atom. The number of hydrogen-bond acceptors (Lipinski definition) is 5. The van der Waals surface area contributed by atoms with Crippen molar-refractivity contribution in [3.8, 4) is 11.5 Å². The summed E-state index contributed by atoms with van der Waals surface area (Å²) in [6.07, 6.45) is 0. The predicted octanol–water partition coefficient (Wildman–Crippen LogP) is 2.73. The minimum atomic E-state index is -3.96. The molecule has 26 heavy (non-hydrogen) atoms. The van der Waals surface area contributed by atoms with Crippen LogP contribution in [-0.2, 0) is 14.8 Å². The third-order valence-corrected chi connectivity index (χ3v) is 6.09. The summed E-state index contributed by atoms with van der Waals surface area (Å²) in [7, 11) is 0.184. The van der Waals surface area contributed by atoms with Crippen molar-refractivity contribution in [2.75, 3.05) is 33.1 Å². The number of nitrogens with zero attached hydrogens (tertiary/aromatic N) is 1. The minimum absolute atomic E-state index is 0.0736. The van der Waals surface area contributed by atoms with Crippen molar-refractivity contribution < 1.29 is 22.7 Å². The van der Waals surface area contributed by atoms with Gasteiger partial charge in [0.15, 0.2) is 0 Å². The number of halogens is 1. The fourth-order valence-corrected chi connectivity index (χ4v) is 3.87. The molecule has 0 aliphatic rings.